The van der Waals surface area contributed by atoms with E-state index in [9.17, 15) is 0 Å². The van der Waals surface area contributed by atoms with Crippen molar-refractivity contribution in [2.45, 2.75) is 33.2 Å². The van der Waals surface area contributed by atoms with Gasteiger partial charge in [0.15, 0.2) is 5.96 Å². The molecule has 1 aromatic heterocycles. The van der Waals surface area contributed by atoms with Gasteiger partial charge in [0.25, 0.3) is 0 Å². The maximum Gasteiger partial charge on any atom is 0.191 e. The molecule has 0 bridgehead atoms. The summed E-state index contributed by atoms with van der Waals surface area (Å²) in [6.45, 7) is 11.5. The molecule has 0 spiro atoms. The predicted molar refractivity (Wildman–Crippen MR) is 121 cm³/mol. The number of morpholine rings is 1. The summed E-state index contributed by atoms with van der Waals surface area (Å²) in [6, 6.07) is 9.09. The molecule has 2 heterocycles. The SMILES string of the molecule is CN=C(NCCc1nc(C)c(C)s1)NCC(c1cccc(C)c1)N1CCOCC1. The number of rotatable bonds is 7. The first-order valence-corrected chi connectivity index (χ1v) is 11.1. The van der Waals surface area contributed by atoms with Crippen molar-refractivity contribution in [3.05, 3.63) is 51.0 Å². The number of aryl methyl sites for hydroxylation is 3. The van der Waals surface area contributed by atoms with Gasteiger partial charge < -0.3 is 15.4 Å². The molecule has 6 nitrogen and oxygen atoms in total. The van der Waals surface area contributed by atoms with Crippen LogP contribution >= 0.6 is 11.3 Å². The molecule has 0 aliphatic carbocycles. The number of aliphatic imine (C=N–C) groups is 1. The summed E-state index contributed by atoms with van der Waals surface area (Å²) in [4.78, 5) is 12.8. The van der Waals surface area contributed by atoms with Crippen molar-refractivity contribution in [1.29, 1.82) is 0 Å². The zero-order valence-corrected chi connectivity index (χ0v) is 18.8. The average molecular weight is 416 g/mol. The van der Waals surface area contributed by atoms with Crippen LogP contribution in [-0.2, 0) is 11.2 Å². The van der Waals surface area contributed by atoms with Crippen LogP contribution in [0.2, 0.25) is 0 Å². The van der Waals surface area contributed by atoms with E-state index >= 15 is 0 Å². The van der Waals surface area contributed by atoms with Crippen LogP contribution in [0.3, 0.4) is 0 Å². The summed E-state index contributed by atoms with van der Waals surface area (Å²) in [6.07, 6.45) is 0.908. The summed E-state index contributed by atoms with van der Waals surface area (Å²) in [5, 5.41) is 8.13. The van der Waals surface area contributed by atoms with Gasteiger partial charge in [0.2, 0.25) is 0 Å². The number of thiazole rings is 1. The molecule has 1 aliphatic rings. The molecule has 158 valence electrons. The van der Waals surface area contributed by atoms with E-state index in [2.05, 4.69) is 70.5 Å². The van der Waals surface area contributed by atoms with Gasteiger partial charge in [-0.2, -0.15) is 0 Å². The topological polar surface area (TPSA) is 61.8 Å². The van der Waals surface area contributed by atoms with E-state index in [-0.39, 0.29) is 0 Å². The fraction of sp³-hybridized carbons (Fsp3) is 0.545. The number of nitrogens with zero attached hydrogens (tertiary/aromatic N) is 3. The van der Waals surface area contributed by atoms with Gasteiger partial charge in [-0.05, 0) is 26.3 Å². The van der Waals surface area contributed by atoms with Crippen molar-refractivity contribution >= 4 is 17.3 Å². The first-order valence-electron chi connectivity index (χ1n) is 10.3. The van der Waals surface area contributed by atoms with Gasteiger partial charge in [-0.3, -0.25) is 9.89 Å². The van der Waals surface area contributed by atoms with Crippen molar-refractivity contribution in [2.24, 2.45) is 4.99 Å². The Kier molecular flexibility index (Phi) is 8.03. The minimum Gasteiger partial charge on any atom is -0.379 e. The quantitative estimate of drug-likeness (QED) is 0.538. The summed E-state index contributed by atoms with van der Waals surface area (Å²) < 4.78 is 5.56. The molecule has 7 heteroatoms. The summed E-state index contributed by atoms with van der Waals surface area (Å²) in [7, 11) is 1.82. The number of hydrogen-bond acceptors (Lipinski definition) is 5. The van der Waals surface area contributed by atoms with Gasteiger partial charge in [0.05, 0.1) is 30.0 Å². The van der Waals surface area contributed by atoms with Crippen LogP contribution in [0, 0.1) is 20.8 Å². The lowest BCUT2D eigenvalue weighted by atomic mass is 10.0. The lowest BCUT2D eigenvalue weighted by molar-refractivity contribution is 0.0170. The van der Waals surface area contributed by atoms with Crippen molar-refractivity contribution in [2.75, 3.05) is 46.4 Å². The third-order valence-electron chi connectivity index (χ3n) is 5.30. The molecule has 0 amide bonds. The molecule has 2 aromatic rings. The molecule has 1 unspecified atom stereocenters. The summed E-state index contributed by atoms with van der Waals surface area (Å²) >= 11 is 1.78. The average Bonchev–Trinajstić information content (AvgIpc) is 3.05. The highest BCUT2D eigenvalue weighted by Crippen LogP contribution is 2.22. The third-order valence-corrected chi connectivity index (χ3v) is 6.44. The fourth-order valence-electron chi connectivity index (χ4n) is 3.57. The number of ether oxygens (including phenoxy) is 1. The Morgan fingerprint density at radius 2 is 2.03 bits per heavy atom. The second-order valence-corrected chi connectivity index (χ2v) is 8.75. The molecular weight excluding hydrogens is 382 g/mol. The molecule has 1 aliphatic heterocycles. The Morgan fingerprint density at radius 1 is 1.24 bits per heavy atom. The highest BCUT2D eigenvalue weighted by molar-refractivity contribution is 7.11. The second-order valence-electron chi connectivity index (χ2n) is 7.46. The van der Waals surface area contributed by atoms with Crippen LogP contribution in [-0.4, -0.2) is 62.3 Å². The molecule has 1 aromatic carbocycles. The molecule has 0 saturated carbocycles. The Balaban J connectivity index is 1.57. The van der Waals surface area contributed by atoms with E-state index < -0.39 is 0 Å². The Morgan fingerprint density at radius 3 is 2.69 bits per heavy atom. The van der Waals surface area contributed by atoms with Gasteiger partial charge in [-0.25, -0.2) is 4.98 Å². The van der Waals surface area contributed by atoms with Gasteiger partial charge in [-0.1, -0.05) is 29.8 Å². The highest BCUT2D eigenvalue weighted by atomic mass is 32.1. The lowest BCUT2D eigenvalue weighted by Gasteiger charge is -2.35. The largest absolute Gasteiger partial charge is 0.379 e. The van der Waals surface area contributed by atoms with Crippen LogP contribution in [0.25, 0.3) is 0 Å². The minimum atomic E-state index is 0.293. The summed E-state index contributed by atoms with van der Waals surface area (Å²) in [5.41, 5.74) is 3.76. The molecular formula is C22H33N5OS. The maximum absolute atomic E-state index is 5.56. The lowest BCUT2D eigenvalue weighted by Crippen LogP contribution is -2.46. The zero-order chi connectivity index (χ0) is 20.6. The smallest absolute Gasteiger partial charge is 0.191 e. The normalized spacial score (nSPS) is 16.6. The number of hydrogen-bond donors (Lipinski definition) is 2. The van der Waals surface area contributed by atoms with Gasteiger partial charge in [0, 0.05) is 44.5 Å². The first kappa shape index (κ1) is 21.7. The van der Waals surface area contributed by atoms with Crippen molar-refractivity contribution < 1.29 is 4.74 Å². The molecule has 0 radical (unpaired) electrons. The second kappa shape index (κ2) is 10.7. The summed E-state index contributed by atoms with van der Waals surface area (Å²) in [5.74, 6) is 0.834. The fourth-order valence-corrected chi connectivity index (χ4v) is 4.51. The monoisotopic (exact) mass is 415 g/mol. The van der Waals surface area contributed by atoms with E-state index in [1.54, 1.807) is 11.3 Å². The van der Waals surface area contributed by atoms with Crippen molar-refractivity contribution in [3.63, 3.8) is 0 Å². The Labute approximate surface area is 178 Å². The Hall–Kier alpha value is -1.96. The van der Waals surface area contributed by atoms with Gasteiger partial charge >= 0.3 is 0 Å². The zero-order valence-electron chi connectivity index (χ0n) is 18.0. The highest BCUT2D eigenvalue weighted by Gasteiger charge is 2.23. The number of aromatic nitrogens is 1. The van der Waals surface area contributed by atoms with Crippen LogP contribution in [0.1, 0.15) is 32.7 Å². The van der Waals surface area contributed by atoms with E-state index in [1.165, 1.54) is 21.0 Å². The van der Waals surface area contributed by atoms with E-state index in [0.29, 0.717) is 6.04 Å². The maximum atomic E-state index is 5.56. The van der Waals surface area contributed by atoms with E-state index in [1.807, 2.05) is 7.05 Å². The van der Waals surface area contributed by atoms with Crippen LogP contribution < -0.4 is 10.6 Å². The first-order chi connectivity index (χ1) is 14.1. The van der Waals surface area contributed by atoms with Crippen LogP contribution in [0.15, 0.2) is 29.3 Å². The minimum absolute atomic E-state index is 0.293. The van der Waals surface area contributed by atoms with Crippen molar-refractivity contribution in [3.8, 4) is 0 Å². The van der Waals surface area contributed by atoms with Crippen molar-refractivity contribution in [1.82, 2.24) is 20.5 Å². The van der Waals surface area contributed by atoms with E-state index in [0.717, 1.165) is 57.5 Å². The number of benzene rings is 1. The Bertz CT molecular complexity index is 794. The van der Waals surface area contributed by atoms with Gasteiger partial charge in [-0.15, -0.1) is 11.3 Å². The molecule has 1 atom stereocenters. The molecule has 2 N–H and O–H groups in total. The standard InChI is InChI=1S/C22H33N5OS/c1-16-6-5-7-19(14-16)20(27-10-12-28-13-11-27)15-25-22(23-4)24-9-8-21-26-17(2)18(3)29-21/h5-7,14,20H,8-13,15H2,1-4H3,(H2,23,24,25). The van der Waals surface area contributed by atoms with E-state index in [4.69, 9.17) is 4.74 Å². The van der Waals surface area contributed by atoms with Gasteiger partial charge in [0.1, 0.15) is 0 Å². The van der Waals surface area contributed by atoms with Crippen LogP contribution in [0.5, 0.6) is 0 Å². The molecule has 3 rings (SSSR count). The molecule has 29 heavy (non-hydrogen) atoms. The predicted octanol–water partition coefficient (Wildman–Crippen LogP) is 2.85. The number of guanidine groups is 1. The molecule has 1 saturated heterocycles. The molecule has 1 fully saturated rings. The third kappa shape index (κ3) is 6.26. The van der Waals surface area contributed by atoms with Crippen LogP contribution in [0.4, 0.5) is 0 Å². The number of nitrogens with one attached hydrogen (secondary N) is 2.